The second-order valence-electron chi connectivity index (χ2n) is 6.11. The first-order valence-corrected chi connectivity index (χ1v) is 8.52. The summed E-state index contributed by atoms with van der Waals surface area (Å²) in [6.07, 6.45) is 3.69. The van der Waals surface area contributed by atoms with E-state index in [-0.39, 0.29) is 5.82 Å². The number of hydrogen-bond donors (Lipinski definition) is 1. The van der Waals surface area contributed by atoms with E-state index >= 15 is 0 Å². The van der Waals surface area contributed by atoms with E-state index < -0.39 is 11.7 Å². The average Bonchev–Trinajstić information content (AvgIpc) is 2.46. The number of aliphatic hydroxyl groups excluding tert-OH is 1. The molecule has 0 saturated heterocycles. The van der Waals surface area contributed by atoms with Crippen LogP contribution in [-0.4, -0.2) is 23.4 Å². The van der Waals surface area contributed by atoms with Gasteiger partial charge in [0.1, 0.15) is 5.82 Å². The lowest BCUT2D eigenvalue weighted by atomic mass is 9.75. The minimum Gasteiger partial charge on any atom is -0.390 e. The Labute approximate surface area is 134 Å². The van der Waals surface area contributed by atoms with Crippen LogP contribution in [0.5, 0.6) is 0 Å². The van der Waals surface area contributed by atoms with E-state index in [1.165, 1.54) is 6.07 Å². The predicted molar refractivity (Wildman–Crippen MR) is 85.8 cm³/mol. The molecule has 0 bridgehead atoms. The van der Waals surface area contributed by atoms with Crippen molar-refractivity contribution in [2.24, 2.45) is 5.92 Å². The van der Waals surface area contributed by atoms with Gasteiger partial charge in [0.05, 0.1) is 16.2 Å². The highest BCUT2D eigenvalue weighted by Crippen LogP contribution is 2.39. The van der Waals surface area contributed by atoms with Crippen molar-refractivity contribution >= 4 is 15.9 Å². The molecule has 0 amide bonds. The Morgan fingerprint density at radius 1 is 1.43 bits per heavy atom. The van der Waals surface area contributed by atoms with Crippen LogP contribution in [0, 0.1) is 11.7 Å². The number of aliphatic hydroxyl groups is 1. The molecule has 2 rings (SSSR count). The van der Waals surface area contributed by atoms with Crippen LogP contribution in [0.2, 0.25) is 0 Å². The van der Waals surface area contributed by atoms with Gasteiger partial charge in [0.15, 0.2) is 0 Å². The third kappa shape index (κ3) is 3.85. The SMILES string of the molecule is CCOC1(C(O)Cc2cccc(F)c2Br)CCC(C)CC1. The molecule has 1 aromatic carbocycles. The monoisotopic (exact) mass is 358 g/mol. The zero-order valence-electron chi connectivity index (χ0n) is 12.7. The highest BCUT2D eigenvalue weighted by atomic mass is 79.9. The Morgan fingerprint density at radius 3 is 2.71 bits per heavy atom. The highest BCUT2D eigenvalue weighted by Gasteiger charge is 2.41. The predicted octanol–water partition coefficient (Wildman–Crippen LogP) is 4.48. The summed E-state index contributed by atoms with van der Waals surface area (Å²) in [6, 6.07) is 4.94. The van der Waals surface area contributed by atoms with Crippen molar-refractivity contribution < 1.29 is 14.2 Å². The second-order valence-corrected chi connectivity index (χ2v) is 6.91. The quantitative estimate of drug-likeness (QED) is 0.840. The fraction of sp³-hybridized carbons (Fsp3) is 0.647. The van der Waals surface area contributed by atoms with Crippen LogP contribution in [0.4, 0.5) is 4.39 Å². The number of halogens is 2. The minimum atomic E-state index is -0.608. The number of hydrogen-bond acceptors (Lipinski definition) is 2. The average molecular weight is 359 g/mol. The molecule has 118 valence electrons. The van der Waals surface area contributed by atoms with E-state index in [0.717, 1.165) is 31.2 Å². The molecule has 1 atom stereocenters. The van der Waals surface area contributed by atoms with Gasteiger partial charge in [0.25, 0.3) is 0 Å². The topological polar surface area (TPSA) is 29.5 Å². The smallest absolute Gasteiger partial charge is 0.137 e. The molecule has 0 heterocycles. The van der Waals surface area contributed by atoms with E-state index in [4.69, 9.17) is 4.74 Å². The third-order valence-electron chi connectivity index (χ3n) is 4.60. The summed E-state index contributed by atoms with van der Waals surface area (Å²) < 4.78 is 20.0. The Hall–Kier alpha value is -0.450. The molecule has 1 fully saturated rings. The molecule has 4 heteroatoms. The summed E-state index contributed by atoms with van der Waals surface area (Å²) in [4.78, 5) is 0. The first-order chi connectivity index (χ1) is 9.98. The molecule has 1 saturated carbocycles. The van der Waals surface area contributed by atoms with Crippen molar-refractivity contribution in [3.8, 4) is 0 Å². The number of benzene rings is 1. The summed E-state index contributed by atoms with van der Waals surface area (Å²) in [5.41, 5.74) is 0.313. The summed E-state index contributed by atoms with van der Waals surface area (Å²) in [5.74, 6) is 0.397. The molecule has 21 heavy (non-hydrogen) atoms. The Morgan fingerprint density at radius 2 is 2.10 bits per heavy atom. The second kappa shape index (κ2) is 7.21. The van der Waals surface area contributed by atoms with Gasteiger partial charge in [0.2, 0.25) is 0 Å². The van der Waals surface area contributed by atoms with Crippen molar-refractivity contribution in [1.29, 1.82) is 0 Å². The largest absolute Gasteiger partial charge is 0.390 e. The van der Waals surface area contributed by atoms with Gasteiger partial charge in [0, 0.05) is 13.0 Å². The van der Waals surface area contributed by atoms with Gasteiger partial charge in [-0.2, -0.15) is 0 Å². The maximum Gasteiger partial charge on any atom is 0.137 e. The molecule has 0 aromatic heterocycles. The zero-order chi connectivity index (χ0) is 15.5. The van der Waals surface area contributed by atoms with Crippen molar-refractivity contribution in [3.63, 3.8) is 0 Å². The molecule has 0 radical (unpaired) electrons. The lowest BCUT2D eigenvalue weighted by Crippen LogP contribution is -2.48. The van der Waals surface area contributed by atoms with Gasteiger partial charge in [-0.05, 0) is 66.1 Å². The Balaban J connectivity index is 2.15. The summed E-state index contributed by atoms with van der Waals surface area (Å²) in [5, 5.41) is 10.7. The highest BCUT2D eigenvalue weighted by molar-refractivity contribution is 9.10. The van der Waals surface area contributed by atoms with Gasteiger partial charge in [-0.25, -0.2) is 4.39 Å². The maximum atomic E-state index is 13.6. The van der Waals surface area contributed by atoms with E-state index in [2.05, 4.69) is 22.9 Å². The molecule has 1 N–H and O–H groups in total. The van der Waals surface area contributed by atoms with Crippen LogP contribution in [0.1, 0.15) is 45.1 Å². The summed E-state index contributed by atoms with van der Waals surface area (Å²) in [7, 11) is 0. The van der Waals surface area contributed by atoms with Crippen molar-refractivity contribution in [2.75, 3.05) is 6.61 Å². The van der Waals surface area contributed by atoms with Crippen molar-refractivity contribution in [1.82, 2.24) is 0 Å². The lowest BCUT2D eigenvalue weighted by Gasteiger charge is -2.42. The van der Waals surface area contributed by atoms with Gasteiger partial charge >= 0.3 is 0 Å². The molecule has 1 unspecified atom stereocenters. The lowest BCUT2D eigenvalue weighted by molar-refractivity contribution is -0.143. The van der Waals surface area contributed by atoms with Crippen molar-refractivity contribution in [3.05, 3.63) is 34.1 Å². The normalized spacial score (nSPS) is 27.6. The molecule has 1 aliphatic carbocycles. The maximum absolute atomic E-state index is 13.6. The standard InChI is InChI=1S/C17H24BrFO2/c1-3-21-17(9-7-12(2)8-10-17)15(20)11-13-5-4-6-14(19)16(13)18/h4-6,12,15,20H,3,7-11H2,1-2H3. The van der Waals surface area contributed by atoms with Crippen LogP contribution in [0.25, 0.3) is 0 Å². The third-order valence-corrected chi connectivity index (χ3v) is 5.49. The molecule has 1 aliphatic rings. The van der Waals surface area contributed by atoms with E-state index in [9.17, 15) is 9.50 Å². The summed E-state index contributed by atoms with van der Waals surface area (Å²) in [6.45, 7) is 4.80. The van der Waals surface area contributed by atoms with Crippen LogP contribution in [0.3, 0.4) is 0 Å². The minimum absolute atomic E-state index is 0.289. The van der Waals surface area contributed by atoms with Crippen molar-refractivity contribution in [2.45, 2.75) is 57.7 Å². The Kier molecular flexibility index (Phi) is 5.81. The van der Waals surface area contributed by atoms with Crippen LogP contribution in [-0.2, 0) is 11.2 Å². The van der Waals surface area contributed by atoms with Gasteiger partial charge < -0.3 is 9.84 Å². The first-order valence-electron chi connectivity index (χ1n) is 7.73. The molecular weight excluding hydrogens is 335 g/mol. The molecular formula is C17H24BrFO2. The van der Waals surface area contributed by atoms with Crippen LogP contribution in [0.15, 0.2) is 22.7 Å². The summed E-state index contributed by atoms with van der Waals surface area (Å²) >= 11 is 3.27. The van der Waals surface area contributed by atoms with E-state index in [1.807, 2.05) is 13.0 Å². The number of ether oxygens (including phenoxy) is 1. The fourth-order valence-electron chi connectivity index (χ4n) is 3.21. The van der Waals surface area contributed by atoms with Gasteiger partial charge in [-0.15, -0.1) is 0 Å². The molecule has 0 aliphatic heterocycles. The van der Waals surface area contributed by atoms with E-state index in [0.29, 0.717) is 23.4 Å². The van der Waals surface area contributed by atoms with Crippen LogP contribution < -0.4 is 0 Å². The van der Waals surface area contributed by atoms with E-state index in [1.54, 1.807) is 6.07 Å². The first kappa shape index (κ1) is 16.9. The molecule has 2 nitrogen and oxygen atoms in total. The van der Waals surface area contributed by atoms with Gasteiger partial charge in [-0.1, -0.05) is 19.1 Å². The Bertz CT molecular complexity index is 470. The van der Waals surface area contributed by atoms with Gasteiger partial charge in [-0.3, -0.25) is 0 Å². The van der Waals surface area contributed by atoms with Crippen LogP contribution >= 0.6 is 15.9 Å². The fourth-order valence-corrected chi connectivity index (χ4v) is 3.64. The molecule has 0 spiro atoms. The number of rotatable bonds is 5. The molecule has 1 aromatic rings. The zero-order valence-corrected chi connectivity index (χ0v) is 14.3.